The zero-order chi connectivity index (χ0) is 13.7. The van der Waals surface area contributed by atoms with Gasteiger partial charge in [-0.15, -0.1) is 0 Å². The van der Waals surface area contributed by atoms with Crippen molar-refractivity contribution in [2.75, 3.05) is 6.61 Å². The fourth-order valence-corrected chi connectivity index (χ4v) is 1.80. The van der Waals surface area contributed by atoms with Crippen LogP contribution in [-0.2, 0) is 11.4 Å². The molecule has 1 unspecified atom stereocenters. The summed E-state index contributed by atoms with van der Waals surface area (Å²) in [7, 11) is 0. The molecule has 3 N–H and O–H groups in total. The molecule has 0 amide bonds. The van der Waals surface area contributed by atoms with Crippen LogP contribution in [0.25, 0.3) is 0 Å². The summed E-state index contributed by atoms with van der Waals surface area (Å²) in [4.78, 5) is 11.0. The van der Waals surface area contributed by atoms with Gasteiger partial charge in [-0.1, -0.05) is 12.1 Å². The summed E-state index contributed by atoms with van der Waals surface area (Å²) in [5.74, 6) is -0.140. The van der Waals surface area contributed by atoms with E-state index in [2.05, 4.69) is 5.32 Å². The third-order valence-electron chi connectivity index (χ3n) is 3.09. The molecule has 2 rings (SSSR count). The monoisotopic (exact) mass is 265 g/mol. The van der Waals surface area contributed by atoms with E-state index in [0.717, 1.165) is 18.4 Å². The number of rotatable bonds is 8. The molecule has 19 heavy (non-hydrogen) atoms. The number of nitrogens with one attached hydrogen (secondary N) is 1. The summed E-state index contributed by atoms with van der Waals surface area (Å²) < 4.78 is 5.50. The molecule has 5 heteroatoms. The van der Waals surface area contributed by atoms with Crippen molar-refractivity contribution in [3.05, 3.63) is 29.8 Å². The van der Waals surface area contributed by atoms with Crippen molar-refractivity contribution in [1.29, 1.82) is 0 Å². The minimum absolute atomic E-state index is 0.00662. The molecule has 1 fully saturated rings. The highest BCUT2D eigenvalue weighted by atomic mass is 16.5. The zero-order valence-corrected chi connectivity index (χ0v) is 10.7. The van der Waals surface area contributed by atoms with Crippen LogP contribution in [0.3, 0.4) is 0 Å². The van der Waals surface area contributed by atoms with Gasteiger partial charge in [0.15, 0.2) is 0 Å². The van der Waals surface area contributed by atoms with Crippen LogP contribution in [0.5, 0.6) is 5.75 Å². The van der Waals surface area contributed by atoms with Gasteiger partial charge in [0.25, 0.3) is 0 Å². The van der Waals surface area contributed by atoms with Crippen molar-refractivity contribution in [3.63, 3.8) is 0 Å². The molecular formula is C14H19NO4. The summed E-state index contributed by atoms with van der Waals surface area (Å²) in [6.45, 7) is 0.363. The lowest BCUT2D eigenvalue weighted by molar-refractivity contribution is -0.139. The van der Waals surface area contributed by atoms with Gasteiger partial charge < -0.3 is 20.3 Å². The fourth-order valence-electron chi connectivity index (χ4n) is 1.80. The standard InChI is InChI=1S/C14H19NO4/c16-9-10-1-5-12(6-2-10)19-8-7-13(14(17)18)15-11-3-4-11/h1-2,5-6,11,13,15-16H,3-4,7-9H2,(H,17,18). The lowest BCUT2D eigenvalue weighted by atomic mass is 10.2. The smallest absolute Gasteiger partial charge is 0.320 e. The number of aliphatic hydroxyl groups excluding tert-OH is 1. The number of benzene rings is 1. The van der Waals surface area contributed by atoms with Gasteiger partial charge in [0.1, 0.15) is 11.8 Å². The van der Waals surface area contributed by atoms with E-state index < -0.39 is 12.0 Å². The Morgan fingerprint density at radius 2 is 2.05 bits per heavy atom. The number of hydrogen-bond acceptors (Lipinski definition) is 4. The average Bonchev–Trinajstić information content (AvgIpc) is 3.22. The molecule has 0 saturated heterocycles. The van der Waals surface area contributed by atoms with Crippen LogP contribution in [0.4, 0.5) is 0 Å². The Bertz CT molecular complexity index is 414. The summed E-state index contributed by atoms with van der Waals surface area (Å²) in [5, 5.41) is 21.1. The topological polar surface area (TPSA) is 78.8 Å². The first-order valence-corrected chi connectivity index (χ1v) is 6.50. The van der Waals surface area contributed by atoms with Crippen LogP contribution in [0.15, 0.2) is 24.3 Å². The maximum absolute atomic E-state index is 11.0. The Hall–Kier alpha value is -1.59. The first kappa shape index (κ1) is 13.8. The normalized spacial score (nSPS) is 16.1. The Morgan fingerprint density at radius 3 is 2.58 bits per heavy atom. The van der Waals surface area contributed by atoms with E-state index in [1.54, 1.807) is 24.3 Å². The second-order valence-electron chi connectivity index (χ2n) is 4.77. The van der Waals surface area contributed by atoms with E-state index in [9.17, 15) is 4.79 Å². The van der Waals surface area contributed by atoms with Gasteiger partial charge in [-0.3, -0.25) is 4.79 Å². The summed E-state index contributed by atoms with van der Waals surface area (Å²) in [6.07, 6.45) is 2.56. The summed E-state index contributed by atoms with van der Waals surface area (Å²) >= 11 is 0. The maximum atomic E-state index is 11.0. The summed E-state index contributed by atoms with van der Waals surface area (Å²) in [5.41, 5.74) is 0.825. The molecule has 0 bridgehead atoms. The number of ether oxygens (including phenoxy) is 1. The number of hydrogen-bond donors (Lipinski definition) is 3. The third kappa shape index (κ3) is 4.54. The highest BCUT2D eigenvalue weighted by molar-refractivity contribution is 5.73. The minimum atomic E-state index is -0.828. The molecule has 1 aliphatic carbocycles. The zero-order valence-electron chi connectivity index (χ0n) is 10.7. The lowest BCUT2D eigenvalue weighted by Crippen LogP contribution is -2.39. The highest BCUT2D eigenvalue weighted by Gasteiger charge is 2.27. The SMILES string of the molecule is O=C(O)C(CCOc1ccc(CO)cc1)NC1CC1. The molecule has 0 aromatic heterocycles. The lowest BCUT2D eigenvalue weighted by Gasteiger charge is -2.14. The van der Waals surface area contributed by atoms with Crippen LogP contribution in [0.2, 0.25) is 0 Å². The first-order chi connectivity index (χ1) is 9.19. The van der Waals surface area contributed by atoms with Crippen molar-refractivity contribution in [2.24, 2.45) is 0 Å². The Morgan fingerprint density at radius 1 is 1.37 bits per heavy atom. The molecule has 1 aliphatic rings. The van der Waals surface area contributed by atoms with E-state index in [4.69, 9.17) is 14.9 Å². The molecule has 0 radical (unpaired) electrons. The van der Waals surface area contributed by atoms with Crippen molar-refractivity contribution in [3.8, 4) is 5.75 Å². The second-order valence-corrected chi connectivity index (χ2v) is 4.77. The molecule has 0 spiro atoms. The molecule has 1 saturated carbocycles. The predicted molar refractivity (Wildman–Crippen MR) is 70.1 cm³/mol. The van der Waals surface area contributed by atoms with E-state index in [1.165, 1.54) is 0 Å². The van der Waals surface area contributed by atoms with Crippen molar-refractivity contribution in [1.82, 2.24) is 5.32 Å². The number of aliphatic hydroxyl groups is 1. The maximum Gasteiger partial charge on any atom is 0.320 e. The van der Waals surface area contributed by atoms with Gasteiger partial charge in [0.05, 0.1) is 13.2 Å². The molecular weight excluding hydrogens is 246 g/mol. The van der Waals surface area contributed by atoms with Gasteiger partial charge in [0, 0.05) is 12.5 Å². The van der Waals surface area contributed by atoms with Gasteiger partial charge >= 0.3 is 5.97 Å². The number of carboxylic acid groups (broad SMARTS) is 1. The van der Waals surface area contributed by atoms with Crippen molar-refractivity contribution in [2.45, 2.75) is 38.0 Å². The third-order valence-corrected chi connectivity index (χ3v) is 3.09. The molecule has 104 valence electrons. The van der Waals surface area contributed by atoms with Crippen LogP contribution in [0, 0.1) is 0 Å². The van der Waals surface area contributed by atoms with Crippen LogP contribution < -0.4 is 10.1 Å². The van der Waals surface area contributed by atoms with Crippen LogP contribution in [-0.4, -0.2) is 34.9 Å². The van der Waals surface area contributed by atoms with E-state index in [-0.39, 0.29) is 6.61 Å². The molecule has 0 aliphatic heterocycles. The molecule has 1 atom stereocenters. The number of aliphatic carboxylic acids is 1. The van der Waals surface area contributed by atoms with E-state index >= 15 is 0 Å². The number of carbonyl (C=O) groups is 1. The minimum Gasteiger partial charge on any atom is -0.494 e. The highest BCUT2D eigenvalue weighted by Crippen LogP contribution is 2.20. The predicted octanol–water partition coefficient (Wildman–Crippen LogP) is 1.15. The molecule has 5 nitrogen and oxygen atoms in total. The summed E-state index contributed by atoms with van der Waals surface area (Å²) in [6, 6.07) is 6.94. The van der Waals surface area contributed by atoms with Crippen LogP contribution >= 0.6 is 0 Å². The van der Waals surface area contributed by atoms with Gasteiger partial charge in [-0.05, 0) is 30.5 Å². The Kier molecular flexibility index (Phi) is 4.76. The second kappa shape index (κ2) is 6.54. The number of carboxylic acids is 1. The van der Waals surface area contributed by atoms with E-state index in [1.807, 2.05) is 0 Å². The largest absolute Gasteiger partial charge is 0.494 e. The van der Waals surface area contributed by atoms with Gasteiger partial charge in [-0.25, -0.2) is 0 Å². The first-order valence-electron chi connectivity index (χ1n) is 6.50. The molecule has 0 heterocycles. The van der Waals surface area contributed by atoms with Gasteiger partial charge in [0.2, 0.25) is 0 Å². The quantitative estimate of drug-likeness (QED) is 0.657. The molecule has 1 aromatic rings. The van der Waals surface area contributed by atoms with Crippen LogP contribution in [0.1, 0.15) is 24.8 Å². The van der Waals surface area contributed by atoms with Gasteiger partial charge in [-0.2, -0.15) is 0 Å². The average molecular weight is 265 g/mol. The van der Waals surface area contributed by atoms with Crippen molar-refractivity contribution >= 4 is 5.97 Å². The van der Waals surface area contributed by atoms with Crippen molar-refractivity contribution < 1.29 is 19.7 Å². The van der Waals surface area contributed by atoms with E-state index in [0.29, 0.717) is 24.8 Å². The fraction of sp³-hybridized carbons (Fsp3) is 0.500. The Balaban J connectivity index is 1.75. The molecule has 1 aromatic carbocycles. The Labute approximate surface area is 112 Å².